The Morgan fingerprint density at radius 3 is 2.38 bits per heavy atom. The maximum atomic E-state index is 12.7. The number of hydrogen-bond acceptors (Lipinski definition) is 4. The van der Waals surface area contributed by atoms with E-state index in [1.165, 1.54) is 12.1 Å². The summed E-state index contributed by atoms with van der Waals surface area (Å²) in [6.45, 7) is 2.26. The monoisotopic (exact) mass is 404 g/mol. The van der Waals surface area contributed by atoms with Crippen LogP contribution in [-0.2, 0) is 10.0 Å². The molecule has 2 aromatic rings. The van der Waals surface area contributed by atoms with E-state index in [2.05, 4.69) is 9.62 Å². The van der Waals surface area contributed by atoms with Crippen LogP contribution in [0.2, 0.25) is 10.0 Å². The zero-order valence-corrected chi connectivity index (χ0v) is 16.1. The highest BCUT2D eigenvalue weighted by Gasteiger charge is 2.28. The maximum Gasteiger partial charge on any atom is 0.243 e. The Kier molecular flexibility index (Phi) is 5.85. The van der Waals surface area contributed by atoms with Gasteiger partial charge in [0.1, 0.15) is 4.90 Å². The zero-order chi connectivity index (χ0) is 17.2. The Balaban J connectivity index is 1.81. The van der Waals surface area contributed by atoms with E-state index in [0.717, 1.165) is 30.8 Å². The summed E-state index contributed by atoms with van der Waals surface area (Å²) in [5.41, 5.74) is 0. The van der Waals surface area contributed by atoms with Crippen molar-refractivity contribution in [3.63, 3.8) is 0 Å². The molecule has 0 bridgehead atoms. The van der Waals surface area contributed by atoms with E-state index in [1.54, 1.807) is 17.4 Å². The second-order valence-corrected chi connectivity index (χ2v) is 9.17. The SMILES string of the molecule is O=S(=O)(NCC(c1cccs1)N1CCCC1)c1c(Cl)cccc1Cl. The number of halogens is 2. The molecule has 2 heterocycles. The number of rotatable bonds is 6. The fourth-order valence-corrected chi connectivity index (χ4v) is 5.98. The smallest absolute Gasteiger partial charge is 0.243 e. The molecule has 0 amide bonds. The molecule has 0 spiro atoms. The molecule has 4 nitrogen and oxygen atoms in total. The lowest BCUT2D eigenvalue weighted by Crippen LogP contribution is -2.36. The zero-order valence-electron chi connectivity index (χ0n) is 12.9. The molecule has 130 valence electrons. The largest absolute Gasteiger partial charge is 0.294 e. The second kappa shape index (κ2) is 7.72. The van der Waals surface area contributed by atoms with Crippen LogP contribution in [0.3, 0.4) is 0 Å². The van der Waals surface area contributed by atoms with Crippen molar-refractivity contribution in [1.82, 2.24) is 9.62 Å². The van der Waals surface area contributed by atoms with Gasteiger partial charge in [-0.1, -0.05) is 35.3 Å². The van der Waals surface area contributed by atoms with Crippen molar-refractivity contribution in [2.75, 3.05) is 19.6 Å². The highest BCUT2D eigenvalue weighted by atomic mass is 35.5. The molecule has 1 aromatic carbocycles. The summed E-state index contributed by atoms with van der Waals surface area (Å²) in [7, 11) is -3.77. The predicted molar refractivity (Wildman–Crippen MR) is 99.5 cm³/mol. The van der Waals surface area contributed by atoms with Crippen molar-refractivity contribution < 1.29 is 8.42 Å². The topological polar surface area (TPSA) is 49.4 Å². The van der Waals surface area contributed by atoms with Crippen molar-refractivity contribution >= 4 is 44.6 Å². The number of nitrogens with zero attached hydrogens (tertiary/aromatic N) is 1. The van der Waals surface area contributed by atoms with Crippen molar-refractivity contribution in [2.24, 2.45) is 0 Å². The number of nitrogens with one attached hydrogen (secondary N) is 1. The van der Waals surface area contributed by atoms with Gasteiger partial charge in [-0.25, -0.2) is 13.1 Å². The molecule has 0 radical (unpaired) electrons. The third-order valence-corrected chi connectivity index (χ3v) is 7.46. The molecule has 1 saturated heterocycles. The molecule has 1 fully saturated rings. The Morgan fingerprint density at radius 1 is 1.12 bits per heavy atom. The minimum absolute atomic E-state index is 0.0311. The first-order chi connectivity index (χ1) is 11.5. The van der Waals surface area contributed by atoms with Crippen molar-refractivity contribution in [1.29, 1.82) is 0 Å². The van der Waals surface area contributed by atoms with Crippen LogP contribution in [0.5, 0.6) is 0 Å². The molecule has 0 saturated carbocycles. The van der Waals surface area contributed by atoms with E-state index in [4.69, 9.17) is 23.2 Å². The van der Waals surface area contributed by atoms with Crippen LogP contribution >= 0.6 is 34.5 Å². The summed E-state index contributed by atoms with van der Waals surface area (Å²) in [6, 6.07) is 8.75. The second-order valence-electron chi connectivity index (χ2n) is 5.68. The Morgan fingerprint density at radius 2 is 1.79 bits per heavy atom. The number of likely N-dealkylation sites (tertiary alicyclic amines) is 1. The van der Waals surface area contributed by atoms with Crippen molar-refractivity contribution in [3.05, 3.63) is 50.6 Å². The van der Waals surface area contributed by atoms with E-state index >= 15 is 0 Å². The maximum absolute atomic E-state index is 12.7. The predicted octanol–water partition coefficient (Wildman–Crippen LogP) is 4.17. The summed E-state index contributed by atoms with van der Waals surface area (Å²) >= 11 is 13.7. The average molecular weight is 405 g/mol. The molecule has 1 aliphatic heterocycles. The van der Waals surface area contributed by atoms with E-state index in [1.807, 2.05) is 17.5 Å². The van der Waals surface area contributed by atoms with E-state index in [-0.39, 0.29) is 21.0 Å². The summed E-state index contributed by atoms with van der Waals surface area (Å²) in [6.07, 6.45) is 2.29. The van der Waals surface area contributed by atoms with Gasteiger partial charge in [-0.2, -0.15) is 0 Å². The van der Waals surface area contributed by atoms with Crippen LogP contribution in [0, 0.1) is 0 Å². The van der Waals surface area contributed by atoms with Gasteiger partial charge in [0, 0.05) is 11.4 Å². The summed E-state index contributed by atoms with van der Waals surface area (Å²) < 4.78 is 28.0. The lowest BCUT2D eigenvalue weighted by Gasteiger charge is -2.27. The molecule has 3 rings (SSSR count). The minimum Gasteiger partial charge on any atom is -0.294 e. The third-order valence-electron chi connectivity index (χ3n) is 4.11. The number of sulfonamides is 1. The summed E-state index contributed by atoms with van der Waals surface area (Å²) in [5, 5.41) is 2.27. The van der Waals surface area contributed by atoms with Gasteiger partial charge in [0.15, 0.2) is 0 Å². The van der Waals surface area contributed by atoms with E-state index < -0.39 is 10.0 Å². The van der Waals surface area contributed by atoms with Gasteiger partial charge in [-0.3, -0.25) is 4.90 Å². The number of benzene rings is 1. The van der Waals surface area contributed by atoms with E-state index in [0.29, 0.717) is 6.54 Å². The highest BCUT2D eigenvalue weighted by molar-refractivity contribution is 7.89. The Bertz CT molecular complexity index is 768. The lowest BCUT2D eigenvalue weighted by atomic mass is 10.2. The van der Waals surface area contributed by atoms with Gasteiger partial charge in [-0.05, 0) is 49.5 Å². The van der Waals surface area contributed by atoms with Crippen LogP contribution in [0.1, 0.15) is 23.8 Å². The van der Waals surface area contributed by atoms with Gasteiger partial charge in [0.25, 0.3) is 0 Å². The molecule has 24 heavy (non-hydrogen) atoms. The quantitative estimate of drug-likeness (QED) is 0.785. The van der Waals surface area contributed by atoms with Crippen LogP contribution in [0.15, 0.2) is 40.6 Å². The standard InChI is InChI=1S/C16H18Cl2N2O2S2/c17-12-5-3-6-13(18)16(12)24(21,22)19-11-14(15-7-4-10-23-15)20-8-1-2-9-20/h3-7,10,14,19H,1-2,8-9,11H2. The summed E-state index contributed by atoms with van der Waals surface area (Å²) in [5.74, 6) is 0. The first-order valence-corrected chi connectivity index (χ1v) is 10.8. The Hall–Kier alpha value is -0.630. The average Bonchev–Trinajstić information content (AvgIpc) is 3.20. The molecule has 1 atom stereocenters. The first-order valence-electron chi connectivity index (χ1n) is 7.70. The van der Waals surface area contributed by atoms with Gasteiger partial charge in [0.05, 0.1) is 16.1 Å². The first kappa shape index (κ1) is 18.2. The molecule has 1 aromatic heterocycles. The molecular formula is C16H18Cl2N2O2S2. The van der Waals surface area contributed by atoms with Crippen LogP contribution in [0.4, 0.5) is 0 Å². The van der Waals surface area contributed by atoms with Gasteiger partial charge >= 0.3 is 0 Å². The molecule has 1 N–H and O–H groups in total. The third kappa shape index (κ3) is 3.95. The highest BCUT2D eigenvalue weighted by Crippen LogP contribution is 2.31. The lowest BCUT2D eigenvalue weighted by molar-refractivity contribution is 0.250. The fraction of sp³-hybridized carbons (Fsp3) is 0.375. The van der Waals surface area contributed by atoms with Gasteiger partial charge < -0.3 is 0 Å². The fourth-order valence-electron chi connectivity index (χ4n) is 2.94. The molecule has 1 aliphatic rings. The number of hydrogen-bond donors (Lipinski definition) is 1. The van der Waals surface area contributed by atoms with Gasteiger partial charge in [-0.15, -0.1) is 11.3 Å². The van der Waals surface area contributed by atoms with Crippen LogP contribution in [0.25, 0.3) is 0 Å². The molecule has 0 aliphatic carbocycles. The molecule has 1 unspecified atom stereocenters. The van der Waals surface area contributed by atoms with Crippen LogP contribution in [-0.4, -0.2) is 33.0 Å². The number of thiophene rings is 1. The van der Waals surface area contributed by atoms with E-state index in [9.17, 15) is 8.42 Å². The summed E-state index contributed by atoms with van der Waals surface area (Å²) in [4.78, 5) is 3.42. The molecular weight excluding hydrogens is 387 g/mol. The van der Waals surface area contributed by atoms with Gasteiger partial charge in [0.2, 0.25) is 10.0 Å². The normalized spacial score (nSPS) is 17.2. The molecule has 8 heteroatoms. The van der Waals surface area contributed by atoms with Crippen molar-refractivity contribution in [3.8, 4) is 0 Å². The van der Waals surface area contributed by atoms with Crippen molar-refractivity contribution in [2.45, 2.75) is 23.8 Å². The van der Waals surface area contributed by atoms with Crippen LogP contribution < -0.4 is 4.72 Å². The minimum atomic E-state index is -3.77. The Labute approximate surface area is 156 Å².